The summed E-state index contributed by atoms with van der Waals surface area (Å²) in [4.78, 5) is 38.2. The number of primary amides is 1. The fourth-order valence-corrected chi connectivity index (χ4v) is 2.39. The first-order valence-corrected chi connectivity index (χ1v) is 6.36. The van der Waals surface area contributed by atoms with Gasteiger partial charge in [0.1, 0.15) is 6.04 Å². The Bertz CT molecular complexity index is 603. The fourth-order valence-electron chi connectivity index (χ4n) is 2.39. The van der Waals surface area contributed by atoms with Crippen molar-refractivity contribution < 1.29 is 19.6 Å². The summed E-state index contributed by atoms with van der Waals surface area (Å²) in [6.45, 7) is 0.366. The van der Waals surface area contributed by atoms with Gasteiger partial charge >= 0.3 is 11.7 Å². The minimum Gasteiger partial charge on any atom is -0.477 e. The molecule has 1 amide bonds. The summed E-state index contributed by atoms with van der Waals surface area (Å²) in [6, 6.07) is 1.43. The number of carbonyl (C=O) groups excluding carboxylic acids is 1. The van der Waals surface area contributed by atoms with Crippen LogP contribution in [-0.2, 0) is 4.79 Å². The average molecular weight is 294 g/mol. The monoisotopic (exact) mass is 294 g/mol. The number of nitrogens with zero attached hydrogens (tertiary/aromatic N) is 3. The van der Waals surface area contributed by atoms with Gasteiger partial charge in [-0.25, -0.2) is 9.78 Å². The number of aromatic carboxylic acids is 1. The van der Waals surface area contributed by atoms with Crippen LogP contribution in [0.1, 0.15) is 29.8 Å². The number of aromatic nitrogens is 1. The van der Waals surface area contributed by atoms with Crippen molar-refractivity contribution in [2.75, 3.05) is 11.4 Å². The Morgan fingerprint density at radius 3 is 2.71 bits per heavy atom. The lowest BCUT2D eigenvalue weighted by Gasteiger charge is -2.34. The molecule has 1 aromatic rings. The van der Waals surface area contributed by atoms with Crippen LogP contribution in [0.25, 0.3) is 0 Å². The Morgan fingerprint density at radius 1 is 1.43 bits per heavy atom. The van der Waals surface area contributed by atoms with Crippen molar-refractivity contribution in [3.63, 3.8) is 0 Å². The number of amides is 1. The summed E-state index contributed by atoms with van der Waals surface area (Å²) < 4.78 is 0. The molecule has 1 unspecified atom stereocenters. The van der Waals surface area contributed by atoms with Crippen LogP contribution in [0.4, 0.5) is 11.5 Å². The first-order valence-electron chi connectivity index (χ1n) is 6.36. The predicted molar refractivity (Wildman–Crippen MR) is 72.0 cm³/mol. The van der Waals surface area contributed by atoms with Crippen molar-refractivity contribution in [2.45, 2.75) is 25.3 Å². The molecular weight excluding hydrogens is 280 g/mol. The number of hydrogen-bond acceptors (Lipinski definition) is 6. The molecule has 112 valence electrons. The SMILES string of the molecule is NC(=O)C1CCCCN1c1nc(C(=O)O)ccc1[N+](=O)[O-]. The number of anilines is 1. The molecule has 21 heavy (non-hydrogen) atoms. The lowest BCUT2D eigenvalue weighted by atomic mass is 10.0. The van der Waals surface area contributed by atoms with Crippen LogP contribution in [0.2, 0.25) is 0 Å². The third-order valence-electron chi connectivity index (χ3n) is 3.37. The number of pyridine rings is 1. The van der Waals surface area contributed by atoms with E-state index >= 15 is 0 Å². The normalized spacial score (nSPS) is 18.3. The van der Waals surface area contributed by atoms with Crippen molar-refractivity contribution >= 4 is 23.4 Å². The fraction of sp³-hybridized carbons (Fsp3) is 0.417. The maximum Gasteiger partial charge on any atom is 0.354 e. The van der Waals surface area contributed by atoms with Crippen LogP contribution in [0, 0.1) is 10.1 Å². The highest BCUT2D eigenvalue weighted by molar-refractivity contribution is 5.88. The topological polar surface area (TPSA) is 140 Å². The van der Waals surface area contributed by atoms with E-state index in [-0.39, 0.29) is 17.2 Å². The Kier molecular flexibility index (Phi) is 4.01. The molecule has 0 aromatic carbocycles. The van der Waals surface area contributed by atoms with Gasteiger partial charge in [0, 0.05) is 12.6 Å². The van der Waals surface area contributed by atoms with Crippen LogP contribution in [0.5, 0.6) is 0 Å². The molecule has 1 saturated heterocycles. The second kappa shape index (κ2) is 5.73. The van der Waals surface area contributed by atoms with E-state index in [1.165, 1.54) is 4.90 Å². The van der Waals surface area contributed by atoms with Gasteiger partial charge in [-0.1, -0.05) is 0 Å². The summed E-state index contributed by atoms with van der Waals surface area (Å²) in [5.41, 5.74) is 4.67. The van der Waals surface area contributed by atoms with Gasteiger partial charge in [-0.3, -0.25) is 14.9 Å². The highest BCUT2D eigenvalue weighted by Crippen LogP contribution is 2.31. The summed E-state index contributed by atoms with van der Waals surface area (Å²) in [5, 5.41) is 20.1. The first kappa shape index (κ1) is 14.7. The molecule has 9 nitrogen and oxygen atoms in total. The van der Waals surface area contributed by atoms with Gasteiger partial charge in [-0.15, -0.1) is 0 Å². The van der Waals surface area contributed by atoms with Crippen LogP contribution in [0.15, 0.2) is 12.1 Å². The third-order valence-corrected chi connectivity index (χ3v) is 3.37. The minimum absolute atomic E-state index is 0.122. The second-order valence-electron chi connectivity index (χ2n) is 4.71. The molecule has 9 heteroatoms. The van der Waals surface area contributed by atoms with E-state index in [1.807, 2.05) is 0 Å². The molecule has 1 fully saturated rings. The van der Waals surface area contributed by atoms with E-state index in [2.05, 4.69) is 4.98 Å². The lowest BCUT2D eigenvalue weighted by molar-refractivity contribution is -0.384. The number of rotatable bonds is 4. The summed E-state index contributed by atoms with van der Waals surface area (Å²) in [7, 11) is 0. The highest BCUT2D eigenvalue weighted by Gasteiger charge is 2.33. The van der Waals surface area contributed by atoms with Crippen molar-refractivity contribution in [3.8, 4) is 0 Å². The van der Waals surface area contributed by atoms with E-state index in [0.717, 1.165) is 25.0 Å². The molecule has 1 aliphatic rings. The van der Waals surface area contributed by atoms with E-state index in [0.29, 0.717) is 13.0 Å². The molecule has 2 heterocycles. The van der Waals surface area contributed by atoms with Gasteiger partial charge in [-0.2, -0.15) is 0 Å². The maximum absolute atomic E-state index is 11.5. The molecule has 1 aliphatic heterocycles. The number of nitrogens with two attached hydrogens (primary N) is 1. The smallest absolute Gasteiger partial charge is 0.354 e. The van der Waals surface area contributed by atoms with Crippen LogP contribution >= 0.6 is 0 Å². The molecule has 0 bridgehead atoms. The summed E-state index contributed by atoms with van der Waals surface area (Å²) in [5.74, 6) is -2.02. The zero-order chi connectivity index (χ0) is 15.6. The average Bonchev–Trinajstić information content (AvgIpc) is 2.46. The Morgan fingerprint density at radius 2 is 2.14 bits per heavy atom. The van der Waals surface area contributed by atoms with Gasteiger partial charge < -0.3 is 15.7 Å². The number of piperidine rings is 1. The minimum atomic E-state index is -1.29. The molecule has 1 atom stereocenters. The third kappa shape index (κ3) is 2.91. The van der Waals surface area contributed by atoms with Gasteiger partial charge in [0.05, 0.1) is 4.92 Å². The van der Waals surface area contributed by atoms with E-state index in [4.69, 9.17) is 10.8 Å². The molecule has 0 spiro atoms. The number of carboxylic acids is 1. The Balaban J connectivity index is 2.52. The molecule has 0 aliphatic carbocycles. The molecular formula is C12H14N4O5. The summed E-state index contributed by atoms with van der Waals surface area (Å²) in [6.07, 6.45) is 1.96. The Labute approximate surface area is 119 Å². The van der Waals surface area contributed by atoms with Gasteiger partial charge in [-0.05, 0) is 25.3 Å². The largest absolute Gasteiger partial charge is 0.477 e. The van der Waals surface area contributed by atoms with E-state index < -0.39 is 22.8 Å². The highest BCUT2D eigenvalue weighted by atomic mass is 16.6. The van der Waals surface area contributed by atoms with Crippen LogP contribution < -0.4 is 10.6 Å². The number of carbonyl (C=O) groups is 2. The first-order chi connectivity index (χ1) is 9.91. The summed E-state index contributed by atoms with van der Waals surface area (Å²) >= 11 is 0. The molecule has 0 radical (unpaired) electrons. The molecule has 0 saturated carbocycles. The predicted octanol–water partition coefficient (Wildman–Crippen LogP) is 0.532. The zero-order valence-electron chi connectivity index (χ0n) is 11.1. The van der Waals surface area contributed by atoms with Crippen molar-refractivity contribution in [1.29, 1.82) is 0 Å². The number of nitro groups is 1. The number of carboxylic acid groups (broad SMARTS) is 1. The molecule has 1 aromatic heterocycles. The lowest BCUT2D eigenvalue weighted by Crippen LogP contribution is -2.48. The van der Waals surface area contributed by atoms with Crippen molar-refractivity contribution in [3.05, 3.63) is 27.9 Å². The van der Waals surface area contributed by atoms with Crippen molar-refractivity contribution in [1.82, 2.24) is 4.98 Å². The van der Waals surface area contributed by atoms with Gasteiger partial charge in [0.2, 0.25) is 11.7 Å². The zero-order valence-corrected chi connectivity index (χ0v) is 11.1. The van der Waals surface area contributed by atoms with E-state index in [1.54, 1.807) is 0 Å². The number of hydrogen-bond donors (Lipinski definition) is 2. The van der Waals surface area contributed by atoms with Crippen LogP contribution in [-0.4, -0.2) is 39.5 Å². The standard InChI is InChI=1S/C12H14N4O5/c13-10(17)8-3-1-2-6-15(8)11-9(16(20)21)5-4-7(14-11)12(18)19/h4-5,8H,1-3,6H2,(H2,13,17)(H,18,19). The maximum atomic E-state index is 11.5. The van der Waals surface area contributed by atoms with Crippen molar-refractivity contribution in [2.24, 2.45) is 5.73 Å². The second-order valence-corrected chi connectivity index (χ2v) is 4.71. The van der Waals surface area contributed by atoms with E-state index in [9.17, 15) is 19.7 Å². The van der Waals surface area contributed by atoms with Crippen LogP contribution in [0.3, 0.4) is 0 Å². The van der Waals surface area contributed by atoms with Gasteiger partial charge in [0.25, 0.3) is 0 Å². The molecule has 3 N–H and O–H groups in total. The van der Waals surface area contributed by atoms with Gasteiger partial charge in [0.15, 0.2) is 5.69 Å². The quantitative estimate of drug-likeness (QED) is 0.609. The molecule has 2 rings (SSSR count). The Hall–Kier alpha value is -2.71.